The Morgan fingerprint density at radius 3 is 2.73 bits per heavy atom. The van der Waals surface area contributed by atoms with E-state index in [1.807, 2.05) is 7.05 Å². The third-order valence-electron chi connectivity index (χ3n) is 2.40. The summed E-state index contributed by atoms with van der Waals surface area (Å²) in [4.78, 5) is 9.08. The zero-order valence-corrected chi connectivity index (χ0v) is 11.3. The molecule has 1 aliphatic carbocycles. The van der Waals surface area contributed by atoms with Crippen LogP contribution in [0, 0.1) is 0 Å². The highest BCUT2D eigenvalue weighted by atomic mass is 79.9. The number of nitrogens with zero attached hydrogens (tertiary/aromatic N) is 2. The summed E-state index contributed by atoms with van der Waals surface area (Å²) in [5, 5.41) is 3.11. The summed E-state index contributed by atoms with van der Waals surface area (Å²) in [6.07, 6.45) is 4.59. The van der Waals surface area contributed by atoms with Crippen LogP contribution in [-0.2, 0) is 5.75 Å². The highest BCUT2D eigenvalue weighted by Crippen LogP contribution is 2.43. The lowest BCUT2D eigenvalue weighted by molar-refractivity contribution is 0.922. The molecule has 5 heteroatoms. The highest BCUT2D eigenvalue weighted by molar-refractivity contribution is 9.10. The van der Waals surface area contributed by atoms with E-state index in [0.717, 1.165) is 21.9 Å². The Balaban J connectivity index is 2.38. The molecule has 1 aromatic heterocycles. The Labute approximate surface area is 103 Å². The summed E-state index contributed by atoms with van der Waals surface area (Å²) in [5.41, 5.74) is 1.18. The third kappa shape index (κ3) is 2.45. The SMILES string of the molecule is CNc1nc(CSC)nc(C2CC2)c1Br. The van der Waals surface area contributed by atoms with Crippen LogP contribution in [-0.4, -0.2) is 23.3 Å². The van der Waals surface area contributed by atoms with Crippen molar-refractivity contribution in [3.63, 3.8) is 0 Å². The number of thioether (sulfide) groups is 1. The molecule has 0 unspecified atom stereocenters. The number of hydrogen-bond donors (Lipinski definition) is 1. The molecule has 15 heavy (non-hydrogen) atoms. The molecule has 1 fully saturated rings. The number of hydrogen-bond acceptors (Lipinski definition) is 4. The van der Waals surface area contributed by atoms with Crippen molar-refractivity contribution in [3.05, 3.63) is 16.0 Å². The van der Waals surface area contributed by atoms with E-state index in [4.69, 9.17) is 0 Å². The maximum Gasteiger partial charge on any atom is 0.144 e. The van der Waals surface area contributed by atoms with Crippen LogP contribution < -0.4 is 5.32 Å². The van der Waals surface area contributed by atoms with Crippen molar-refractivity contribution in [2.75, 3.05) is 18.6 Å². The minimum Gasteiger partial charge on any atom is -0.372 e. The molecule has 1 saturated carbocycles. The predicted molar refractivity (Wildman–Crippen MR) is 68.5 cm³/mol. The summed E-state index contributed by atoms with van der Waals surface area (Å²) < 4.78 is 1.04. The van der Waals surface area contributed by atoms with Crippen molar-refractivity contribution in [3.8, 4) is 0 Å². The topological polar surface area (TPSA) is 37.8 Å². The van der Waals surface area contributed by atoms with Gasteiger partial charge in [-0.3, -0.25) is 0 Å². The van der Waals surface area contributed by atoms with Crippen LogP contribution in [0.1, 0.15) is 30.3 Å². The molecule has 0 atom stereocenters. The average Bonchev–Trinajstić information content (AvgIpc) is 3.04. The van der Waals surface area contributed by atoms with Gasteiger partial charge in [0, 0.05) is 13.0 Å². The Morgan fingerprint density at radius 1 is 1.47 bits per heavy atom. The normalized spacial score (nSPS) is 15.4. The van der Waals surface area contributed by atoms with Gasteiger partial charge in [-0.25, -0.2) is 9.97 Å². The quantitative estimate of drug-likeness (QED) is 0.924. The van der Waals surface area contributed by atoms with Crippen LogP contribution in [0.25, 0.3) is 0 Å². The maximum atomic E-state index is 4.61. The van der Waals surface area contributed by atoms with Crippen molar-refractivity contribution in [2.45, 2.75) is 24.5 Å². The first-order chi connectivity index (χ1) is 7.26. The van der Waals surface area contributed by atoms with Gasteiger partial charge in [-0.15, -0.1) is 0 Å². The van der Waals surface area contributed by atoms with E-state index in [1.165, 1.54) is 18.5 Å². The molecule has 1 heterocycles. The average molecular weight is 288 g/mol. The van der Waals surface area contributed by atoms with E-state index in [-0.39, 0.29) is 0 Å². The van der Waals surface area contributed by atoms with E-state index in [2.05, 4.69) is 37.5 Å². The molecular formula is C10H14BrN3S. The molecule has 0 bridgehead atoms. The highest BCUT2D eigenvalue weighted by Gasteiger charge is 2.29. The molecule has 3 nitrogen and oxygen atoms in total. The predicted octanol–water partition coefficient (Wildman–Crippen LogP) is 3.02. The first-order valence-corrected chi connectivity index (χ1v) is 7.18. The molecule has 0 aromatic carbocycles. The molecule has 0 amide bonds. The summed E-state index contributed by atoms with van der Waals surface area (Å²) in [5.74, 6) is 3.37. The molecule has 1 aromatic rings. The van der Waals surface area contributed by atoms with Crippen LogP contribution in [0.4, 0.5) is 5.82 Å². The second-order valence-corrected chi connectivity index (χ2v) is 5.30. The Bertz CT molecular complexity index is 366. The molecule has 0 spiro atoms. The van der Waals surface area contributed by atoms with E-state index >= 15 is 0 Å². The molecule has 2 rings (SSSR count). The second-order valence-electron chi connectivity index (χ2n) is 3.64. The van der Waals surface area contributed by atoms with E-state index < -0.39 is 0 Å². The fourth-order valence-electron chi connectivity index (χ4n) is 1.50. The second kappa shape index (κ2) is 4.70. The van der Waals surface area contributed by atoms with Crippen LogP contribution >= 0.6 is 27.7 Å². The van der Waals surface area contributed by atoms with Crippen LogP contribution in [0.15, 0.2) is 4.47 Å². The van der Waals surface area contributed by atoms with Gasteiger partial charge in [0.15, 0.2) is 0 Å². The van der Waals surface area contributed by atoms with Gasteiger partial charge in [-0.1, -0.05) is 0 Å². The summed E-state index contributed by atoms with van der Waals surface area (Å²) >= 11 is 5.33. The molecule has 1 N–H and O–H groups in total. The molecular weight excluding hydrogens is 274 g/mol. The number of nitrogens with one attached hydrogen (secondary N) is 1. The van der Waals surface area contributed by atoms with Gasteiger partial charge in [0.05, 0.1) is 15.9 Å². The zero-order valence-electron chi connectivity index (χ0n) is 8.88. The molecule has 0 radical (unpaired) electrons. The molecule has 0 saturated heterocycles. The number of aromatic nitrogens is 2. The van der Waals surface area contributed by atoms with E-state index in [0.29, 0.717) is 5.92 Å². The fraction of sp³-hybridized carbons (Fsp3) is 0.600. The summed E-state index contributed by atoms with van der Waals surface area (Å²) in [6, 6.07) is 0. The van der Waals surface area contributed by atoms with Crippen molar-refractivity contribution in [1.29, 1.82) is 0 Å². The lowest BCUT2D eigenvalue weighted by atomic mass is 10.2. The zero-order chi connectivity index (χ0) is 10.8. The summed E-state index contributed by atoms with van der Waals surface area (Å²) in [7, 11) is 1.90. The van der Waals surface area contributed by atoms with Gasteiger partial charge in [-0.05, 0) is 35.0 Å². The van der Waals surface area contributed by atoms with Crippen molar-refractivity contribution >= 4 is 33.5 Å². The van der Waals surface area contributed by atoms with Crippen molar-refractivity contribution < 1.29 is 0 Å². The van der Waals surface area contributed by atoms with E-state index in [9.17, 15) is 0 Å². The Hall–Kier alpha value is -0.290. The van der Waals surface area contributed by atoms with Gasteiger partial charge in [0.2, 0.25) is 0 Å². The minimum absolute atomic E-state index is 0.648. The maximum absolute atomic E-state index is 4.61. The molecule has 0 aliphatic heterocycles. The van der Waals surface area contributed by atoms with E-state index in [1.54, 1.807) is 11.8 Å². The van der Waals surface area contributed by atoms with Crippen molar-refractivity contribution in [2.24, 2.45) is 0 Å². The number of rotatable bonds is 4. The van der Waals surface area contributed by atoms with Crippen molar-refractivity contribution in [1.82, 2.24) is 9.97 Å². The first kappa shape index (κ1) is 11.2. The standard InChI is InChI=1S/C10H14BrN3S/c1-12-10-8(11)9(6-3-4-6)13-7(14-10)5-15-2/h6H,3-5H2,1-2H3,(H,12,13,14). The van der Waals surface area contributed by atoms with Crippen LogP contribution in [0.3, 0.4) is 0 Å². The lowest BCUT2D eigenvalue weighted by Crippen LogP contribution is -2.04. The molecule has 82 valence electrons. The molecule has 1 aliphatic rings. The Kier molecular flexibility index (Phi) is 3.51. The van der Waals surface area contributed by atoms with Crippen LogP contribution in [0.5, 0.6) is 0 Å². The van der Waals surface area contributed by atoms with Gasteiger partial charge < -0.3 is 5.32 Å². The third-order valence-corrected chi connectivity index (χ3v) is 3.73. The first-order valence-electron chi connectivity index (χ1n) is 4.99. The summed E-state index contributed by atoms with van der Waals surface area (Å²) in [6.45, 7) is 0. The van der Waals surface area contributed by atoms with Gasteiger partial charge in [0.1, 0.15) is 11.6 Å². The smallest absolute Gasteiger partial charge is 0.144 e. The Morgan fingerprint density at radius 2 is 2.20 bits per heavy atom. The fourth-order valence-corrected chi connectivity index (χ4v) is 2.59. The largest absolute Gasteiger partial charge is 0.372 e. The van der Waals surface area contributed by atoms with Gasteiger partial charge in [-0.2, -0.15) is 11.8 Å². The van der Waals surface area contributed by atoms with Crippen LogP contribution in [0.2, 0.25) is 0 Å². The minimum atomic E-state index is 0.648. The number of anilines is 1. The number of halogens is 1. The van der Waals surface area contributed by atoms with Gasteiger partial charge >= 0.3 is 0 Å². The lowest BCUT2D eigenvalue weighted by Gasteiger charge is -2.09. The monoisotopic (exact) mass is 287 g/mol. The van der Waals surface area contributed by atoms with Gasteiger partial charge in [0.25, 0.3) is 0 Å².